The third-order valence-corrected chi connectivity index (χ3v) is 3.87. The SMILES string of the molecule is CCCC(NC(=O)C1(c2ccccc2)CC1)C(N)=NO. The topological polar surface area (TPSA) is 87.7 Å². The highest BCUT2D eigenvalue weighted by molar-refractivity contribution is 5.96. The molecule has 0 radical (unpaired) electrons. The van der Waals surface area contributed by atoms with Gasteiger partial charge in [0, 0.05) is 0 Å². The van der Waals surface area contributed by atoms with E-state index in [9.17, 15) is 4.79 Å². The molecule has 1 aliphatic rings. The van der Waals surface area contributed by atoms with Crippen molar-refractivity contribution in [3.63, 3.8) is 0 Å². The minimum absolute atomic E-state index is 0.0336. The van der Waals surface area contributed by atoms with Crippen LogP contribution in [0.3, 0.4) is 0 Å². The van der Waals surface area contributed by atoms with E-state index >= 15 is 0 Å². The maximum atomic E-state index is 12.5. The largest absolute Gasteiger partial charge is 0.409 e. The number of nitrogens with zero attached hydrogens (tertiary/aromatic N) is 1. The third kappa shape index (κ3) is 2.76. The normalized spacial score (nSPS) is 18.4. The van der Waals surface area contributed by atoms with Gasteiger partial charge in [-0.15, -0.1) is 0 Å². The van der Waals surface area contributed by atoms with Crippen LogP contribution in [0.2, 0.25) is 0 Å². The molecule has 0 aliphatic heterocycles. The first kappa shape index (κ1) is 14.4. The van der Waals surface area contributed by atoms with Gasteiger partial charge in [0.2, 0.25) is 5.91 Å². The summed E-state index contributed by atoms with van der Waals surface area (Å²) in [6, 6.07) is 9.37. The highest BCUT2D eigenvalue weighted by atomic mass is 16.4. The molecule has 108 valence electrons. The quantitative estimate of drug-likeness (QED) is 0.320. The van der Waals surface area contributed by atoms with Gasteiger partial charge in [-0.25, -0.2) is 0 Å². The van der Waals surface area contributed by atoms with Gasteiger partial charge in [0.15, 0.2) is 5.84 Å². The lowest BCUT2D eigenvalue weighted by Gasteiger charge is -2.21. The minimum atomic E-state index is -0.428. The summed E-state index contributed by atoms with van der Waals surface area (Å²) in [5, 5.41) is 14.7. The van der Waals surface area contributed by atoms with E-state index in [0.29, 0.717) is 6.42 Å². The Morgan fingerprint density at radius 3 is 2.60 bits per heavy atom. The standard InChI is InChI=1S/C15H21N3O2/c1-2-6-12(13(16)18-20)17-14(19)15(9-10-15)11-7-4-3-5-8-11/h3-5,7-8,12,20H,2,6,9-10H2,1H3,(H2,16,18)(H,17,19). The second-order valence-corrected chi connectivity index (χ2v) is 5.29. The Bertz CT molecular complexity index is 495. The van der Waals surface area contributed by atoms with E-state index in [1.807, 2.05) is 37.3 Å². The fourth-order valence-corrected chi connectivity index (χ4v) is 2.48. The van der Waals surface area contributed by atoms with E-state index in [0.717, 1.165) is 24.8 Å². The molecular formula is C15H21N3O2. The van der Waals surface area contributed by atoms with Gasteiger partial charge in [0.1, 0.15) is 0 Å². The highest BCUT2D eigenvalue weighted by Gasteiger charge is 2.51. The van der Waals surface area contributed by atoms with Gasteiger partial charge in [0.05, 0.1) is 11.5 Å². The van der Waals surface area contributed by atoms with Crippen LogP contribution in [0.5, 0.6) is 0 Å². The second-order valence-electron chi connectivity index (χ2n) is 5.29. The number of amides is 1. The number of carbonyl (C=O) groups is 1. The van der Waals surface area contributed by atoms with Crippen molar-refractivity contribution in [3.8, 4) is 0 Å². The number of oxime groups is 1. The first-order valence-electron chi connectivity index (χ1n) is 6.98. The van der Waals surface area contributed by atoms with Gasteiger partial charge in [-0.3, -0.25) is 4.79 Å². The molecule has 0 saturated heterocycles. The molecule has 0 aromatic heterocycles. The van der Waals surface area contributed by atoms with Crippen molar-refractivity contribution in [1.82, 2.24) is 5.32 Å². The Hall–Kier alpha value is -2.04. The van der Waals surface area contributed by atoms with Crippen LogP contribution in [0.25, 0.3) is 0 Å². The number of benzene rings is 1. The molecule has 1 atom stereocenters. The number of rotatable bonds is 6. The van der Waals surface area contributed by atoms with Crippen LogP contribution in [-0.2, 0) is 10.2 Å². The van der Waals surface area contributed by atoms with E-state index < -0.39 is 11.5 Å². The summed E-state index contributed by atoms with van der Waals surface area (Å²) in [5.41, 5.74) is 6.25. The molecule has 1 aromatic carbocycles. The average molecular weight is 275 g/mol. The van der Waals surface area contributed by atoms with Crippen molar-refractivity contribution in [2.24, 2.45) is 10.9 Å². The molecular weight excluding hydrogens is 254 g/mol. The van der Waals surface area contributed by atoms with Crippen LogP contribution in [-0.4, -0.2) is 23.0 Å². The lowest BCUT2D eigenvalue weighted by molar-refractivity contribution is -0.123. The smallest absolute Gasteiger partial charge is 0.231 e. The second kappa shape index (κ2) is 5.94. The molecule has 1 aliphatic carbocycles. The first-order chi connectivity index (χ1) is 9.64. The van der Waals surface area contributed by atoms with Crippen molar-refractivity contribution in [3.05, 3.63) is 35.9 Å². The molecule has 1 aromatic rings. The molecule has 1 fully saturated rings. The lowest BCUT2D eigenvalue weighted by atomic mass is 9.94. The number of carbonyl (C=O) groups excluding carboxylic acids is 1. The summed E-state index contributed by atoms with van der Waals surface area (Å²) in [6.45, 7) is 1.99. The highest BCUT2D eigenvalue weighted by Crippen LogP contribution is 2.48. The summed E-state index contributed by atoms with van der Waals surface area (Å²) >= 11 is 0. The van der Waals surface area contributed by atoms with Gasteiger partial charge >= 0.3 is 0 Å². The molecule has 4 N–H and O–H groups in total. The van der Waals surface area contributed by atoms with Crippen LogP contribution in [0.1, 0.15) is 38.2 Å². The molecule has 1 unspecified atom stereocenters. The maximum Gasteiger partial charge on any atom is 0.231 e. The number of nitrogens with two attached hydrogens (primary N) is 1. The van der Waals surface area contributed by atoms with Crippen molar-refractivity contribution < 1.29 is 10.0 Å². The fraction of sp³-hybridized carbons (Fsp3) is 0.467. The molecule has 0 heterocycles. The summed E-state index contributed by atoms with van der Waals surface area (Å²) in [4.78, 5) is 12.5. The van der Waals surface area contributed by atoms with Gasteiger partial charge in [-0.2, -0.15) is 0 Å². The Morgan fingerprint density at radius 2 is 2.10 bits per heavy atom. The van der Waals surface area contributed by atoms with Crippen LogP contribution in [0.15, 0.2) is 35.5 Å². The Kier molecular flexibility index (Phi) is 4.27. The van der Waals surface area contributed by atoms with E-state index in [-0.39, 0.29) is 11.7 Å². The zero-order valence-corrected chi connectivity index (χ0v) is 11.7. The molecule has 0 bridgehead atoms. The summed E-state index contributed by atoms with van der Waals surface area (Å²) in [6.07, 6.45) is 3.20. The zero-order valence-electron chi connectivity index (χ0n) is 11.7. The Morgan fingerprint density at radius 1 is 1.45 bits per heavy atom. The van der Waals surface area contributed by atoms with Gasteiger partial charge < -0.3 is 16.3 Å². The van der Waals surface area contributed by atoms with Gasteiger partial charge in [0.25, 0.3) is 0 Å². The predicted molar refractivity (Wildman–Crippen MR) is 77.6 cm³/mol. The van der Waals surface area contributed by atoms with E-state index in [1.165, 1.54) is 0 Å². The summed E-state index contributed by atoms with van der Waals surface area (Å²) < 4.78 is 0. The van der Waals surface area contributed by atoms with Crippen molar-refractivity contribution >= 4 is 11.7 Å². The third-order valence-electron chi connectivity index (χ3n) is 3.87. The van der Waals surface area contributed by atoms with Crippen LogP contribution >= 0.6 is 0 Å². The molecule has 20 heavy (non-hydrogen) atoms. The monoisotopic (exact) mass is 275 g/mol. The van der Waals surface area contributed by atoms with Gasteiger partial charge in [-0.1, -0.05) is 48.8 Å². The average Bonchev–Trinajstić information content (AvgIpc) is 3.28. The van der Waals surface area contributed by atoms with Crippen molar-refractivity contribution in [1.29, 1.82) is 0 Å². The van der Waals surface area contributed by atoms with E-state index in [2.05, 4.69) is 10.5 Å². The summed E-state index contributed by atoms with van der Waals surface area (Å²) in [5.74, 6) is 0.0258. The molecule has 1 saturated carbocycles. The minimum Gasteiger partial charge on any atom is -0.409 e. The lowest BCUT2D eigenvalue weighted by Crippen LogP contribution is -2.48. The van der Waals surface area contributed by atoms with Crippen LogP contribution in [0, 0.1) is 0 Å². The Balaban J connectivity index is 2.11. The number of nitrogens with one attached hydrogen (secondary N) is 1. The predicted octanol–water partition coefficient (Wildman–Crippen LogP) is 1.75. The van der Waals surface area contributed by atoms with Crippen molar-refractivity contribution in [2.45, 2.75) is 44.1 Å². The van der Waals surface area contributed by atoms with Crippen molar-refractivity contribution in [2.75, 3.05) is 0 Å². The summed E-state index contributed by atoms with van der Waals surface area (Å²) in [7, 11) is 0. The molecule has 2 rings (SSSR count). The van der Waals surface area contributed by atoms with E-state index in [1.54, 1.807) is 0 Å². The molecule has 0 spiro atoms. The van der Waals surface area contributed by atoms with E-state index in [4.69, 9.17) is 10.9 Å². The molecule has 1 amide bonds. The first-order valence-corrected chi connectivity index (χ1v) is 6.98. The number of hydrogen-bond acceptors (Lipinski definition) is 3. The maximum absolute atomic E-state index is 12.5. The number of amidine groups is 1. The number of hydrogen-bond donors (Lipinski definition) is 3. The zero-order chi connectivity index (χ0) is 14.6. The molecule has 5 heteroatoms. The van der Waals surface area contributed by atoms with Crippen LogP contribution in [0.4, 0.5) is 0 Å². The van der Waals surface area contributed by atoms with Crippen LogP contribution < -0.4 is 11.1 Å². The fourth-order valence-electron chi connectivity index (χ4n) is 2.48. The Labute approximate surface area is 118 Å². The molecule has 5 nitrogen and oxygen atoms in total. The van der Waals surface area contributed by atoms with Gasteiger partial charge in [-0.05, 0) is 24.8 Å².